The smallest absolute Gasteiger partial charge is 0.339 e. The normalized spacial score (nSPS) is 11.3. The lowest BCUT2D eigenvalue weighted by Crippen LogP contribution is -2.18. The number of hydrogen-bond acceptors (Lipinski definition) is 7. The Hall–Kier alpha value is -3.94. The summed E-state index contributed by atoms with van der Waals surface area (Å²) in [4.78, 5) is 50.5. The summed E-state index contributed by atoms with van der Waals surface area (Å²) >= 11 is 0. The molecule has 0 saturated carbocycles. The minimum Gasteiger partial charge on any atom is -0.870 e. The van der Waals surface area contributed by atoms with Crippen molar-refractivity contribution in [2.75, 3.05) is 13.2 Å². The highest BCUT2D eigenvalue weighted by atomic mass is 16.5. The van der Waals surface area contributed by atoms with Gasteiger partial charge in [0.2, 0.25) is 5.43 Å². The van der Waals surface area contributed by atoms with Gasteiger partial charge >= 0.3 is 11.9 Å². The van der Waals surface area contributed by atoms with Crippen molar-refractivity contribution in [3.8, 4) is 5.75 Å². The molecule has 0 saturated heterocycles. The molecule has 0 amide bonds. The summed E-state index contributed by atoms with van der Waals surface area (Å²) in [6.07, 6.45) is 0. The minimum atomic E-state index is -0.813. The van der Waals surface area contributed by atoms with Gasteiger partial charge < -0.3 is 19.1 Å². The van der Waals surface area contributed by atoms with Crippen LogP contribution in [-0.4, -0.2) is 29.7 Å². The lowest BCUT2D eigenvalue weighted by Gasteiger charge is -2.20. The van der Waals surface area contributed by atoms with Gasteiger partial charge in [0.1, 0.15) is 0 Å². The van der Waals surface area contributed by atoms with Gasteiger partial charge in [-0.05, 0) is 31.4 Å². The van der Waals surface area contributed by atoms with Gasteiger partial charge in [0, 0.05) is 29.3 Å². The van der Waals surface area contributed by atoms with Crippen molar-refractivity contribution in [1.29, 1.82) is 0 Å². The van der Waals surface area contributed by atoms with Crippen molar-refractivity contribution >= 4 is 44.5 Å². The van der Waals surface area contributed by atoms with Crippen LogP contribution < -0.4 is 16.0 Å². The van der Waals surface area contributed by atoms with Crippen LogP contribution in [0.3, 0.4) is 0 Å². The van der Waals surface area contributed by atoms with Crippen molar-refractivity contribution in [3.63, 3.8) is 0 Å². The van der Waals surface area contributed by atoms with E-state index in [0.717, 1.165) is 12.1 Å². The summed E-state index contributed by atoms with van der Waals surface area (Å²) in [5.74, 6) is -2.36. The summed E-state index contributed by atoms with van der Waals surface area (Å²) in [5.41, 5.74) is -1.07. The van der Waals surface area contributed by atoms with Gasteiger partial charge in [-0.2, -0.15) is 0 Å². The van der Waals surface area contributed by atoms with Crippen LogP contribution in [0.4, 0.5) is 0 Å². The van der Waals surface area contributed by atoms with E-state index in [4.69, 9.17) is 9.47 Å². The molecule has 8 heteroatoms. The number of hydrogen-bond donors (Lipinski definition) is 0. The second kappa shape index (κ2) is 7.39. The van der Waals surface area contributed by atoms with Crippen LogP contribution in [0.5, 0.6) is 5.75 Å². The second-order valence-corrected chi connectivity index (χ2v) is 6.87. The number of fused-ring (bicyclic) bond motifs is 2. The molecule has 8 nitrogen and oxygen atoms in total. The van der Waals surface area contributed by atoms with E-state index in [1.54, 1.807) is 13.8 Å². The number of ether oxygens (including phenoxy) is 2. The molecule has 0 aliphatic heterocycles. The van der Waals surface area contributed by atoms with E-state index < -0.39 is 28.5 Å². The molecule has 0 aliphatic carbocycles. The van der Waals surface area contributed by atoms with E-state index in [9.17, 15) is 24.3 Å². The number of rotatable bonds is 4. The Kier molecular flexibility index (Phi) is 4.85. The summed E-state index contributed by atoms with van der Waals surface area (Å²) in [7, 11) is 3.88. The van der Waals surface area contributed by atoms with Gasteiger partial charge in [-0.3, -0.25) is 9.59 Å². The predicted octanol–water partition coefficient (Wildman–Crippen LogP) is 2.17. The number of aromatic nitrogens is 1. The lowest BCUT2D eigenvalue weighted by molar-refractivity contribution is -0.269. The zero-order valence-electron chi connectivity index (χ0n) is 16.8. The Labute approximate surface area is 175 Å². The summed E-state index contributed by atoms with van der Waals surface area (Å²) in [5, 5.41) is 13.4. The van der Waals surface area contributed by atoms with Crippen LogP contribution in [0, 0.1) is 7.05 Å². The number of carbonyl (C=O) groups is 2. The van der Waals surface area contributed by atoms with Gasteiger partial charge in [-0.1, -0.05) is 17.9 Å². The molecule has 4 rings (SSSR count). The lowest BCUT2D eigenvalue weighted by atomic mass is 9.91. The molecule has 1 heterocycles. The molecule has 0 unspecified atom stereocenters. The molecule has 0 N–H and O–H groups in total. The van der Waals surface area contributed by atoms with Gasteiger partial charge in [-0.25, -0.2) is 9.59 Å². The molecule has 0 spiro atoms. The zero-order valence-corrected chi connectivity index (χ0v) is 16.8. The predicted molar refractivity (Wildman–Crippen MR) is 113 cm³/mol. The Morgan fingerprint density at radius 3 is 2.32 bits per heavy atom. The maximum atomic E-state index is 13.0. The summed E-state index contributed by atoms with van der Waals surface area (Å²) in [6.45, 7) is 3.35. The molecule has 0 atom stereocenters. The third-order valence-corrected chi connectivity index (χ3v) is 5.11. The Morgan fingerprint density at radius 2 is 1.65 bits per heavy atom. The van der Waals surface area contributed by atoms with Crippen LogP contribution >= 0.6 is 0 Å². The van der Waals surface area contributed by atoms with Crippen LogP contribution in [0.25, 0.3) is 32.6 Å². The van der Waals surface area contributed by atoms with Crippen LogP contribution in [0.1, 0.15) is 34.6 Å². The highest BCUT2D eigenvalue weighted by molar-refractivity contribution is 6.28. The van der Waals surface area contributed by atoms with E-state index in [1.807, 2.05) is 0 Å². The van der Waals surface area contributed by atoms with E-state index >= 15 is 0 Å². The SMILES string of the molecule is [CH2]n1c2cc(=O)c([O-])cc2c2c(C(=O)OCC)c(C(=O)OCC)cc3ccc(=O)c1c32. The fourth-order valence-corrected chi connectivity index (χ4v) is 3.87. The molecule has 0 bridgehead atoms. The van der Waals surface area contributed by atoms with Crippen LogP contribution in [0.15, 0.2) is 39.9 Å². The molecule has 3 aromatic carbocycles. The minimum absolute atomic E-state index is 0.0354. The molecular formula is C23H17NO7-. The topological polar surface area (TPSA) is 115 Å². The number of nitrogens with zero attached hydrogens (tertiary/aromatic N) is 1. The molecule has 0 aliphatic rings. The third-order valence-electron chi connectivity index (χ3n) is 5.11. The highest BCUT2D eigenvalue weighted by Crippen LogP contribution is 2.37. The first-order valence-corrected chi connectivity index (χ1v) is 9.58. The van der Waals surface area contributed by atoms with Crippen molar-refractivity contribution in [2.24, 2.45) is 0 Å². The number of esters is 2. The van der Waals surface area contributed by atoms with Gasteiger partial charge in [0.05, 0.1) is 35.4 Å². The number of benzene rings is 3. The Morgan fingerprint density at radius 1 is 0.968 bits per heavy atom. The maximum absolute atomic E-state index is 13.0. The average molecular weight is 419 g/mol. The number of carbonyl (C=O) groups excluding carboxylic acids is 2. The van der Waals surface area contributed by atoms with Gasteiger partial charge in [0.15, 0.2) is 5.43 Å². The van der Waals surface area contributed by atoms with E-state index in [2.05, 4.69) is 7.05 Å². The largest absolute Gasteiger partial charge is 0.870 e. The first-order valence-electron chi connectivity index (χ1n) is 9.58. The molecule has 157 valence electrons. The molecule has 1 aromatic heterocycles. The maximum Gasteiger partial charge on any atom is 0.339 e. The quantitative estimate of drug-likeness (QED) is 0.283. The molecule has 31 heavy (non-hydrogen) atoms. The van der Waals surface area contributed by atoms with Crippen molar-refractivity contribution in [3.05, 3.63) is 69.0 Å². The monoisotopic (exact) mass is 419 g/mol. The average Bonchev–Trinajstić information content (AvgIpc) is 2.73. The first kappa shape index (κ1) is 20.3. The third kappa shape index (κ3) is 2.99. The van der Waals surface area contributed by atoms with Crippen molar-refractivity contribution < 1.29 is 24.2 Å². The standard InChI is InChI=1S/C23H18NO7/c1-4-30-22(28)13-8-11-6-7-15(25)21-18(11)19(20(13)23(29)31-5-2)12-9-16(26)17(27)10-14(12)24(21)3/h6-10,26H,3-5H2,1-2H3/p-1. The van der Waals surface area contributed by atoms with Crippen molar-refractivity contribution in [2.45, 2.75) is 13.8 Å². The fourth-order valence-electron chi connectivity index (χ4n) is 3.87. The highest BCUT2D eigenvalue weighted by Gasteiger charge is 2.27. The molecule has 1 radical (unpaired) electrons. The number of pyridine rings is 1. The second-order valence-electron chi connectivity index (χ2n) is 6.87. The van der Waals surface area contributed by atoms with Crippen LogP contribution in [0.2, 0.25) is 0 Å². The Balaban J connectivity index is 2.38. The van der Waals surface area contributed by atoms with Gasteiger partial charge in [0.25, 0.3) is 0 Å². The summed E-state index contributed by atoms with van der Waals surface area (Å²) < 4.78 is 11.6. The van der Waals surface area contributed by atoms with E-state index in [1.165, 1.54) is 22.8 Å². The molecule has 0 fully saturated rings. The fraction of sp³-hybridized carbons (Fsp3) is 0.174. The first-order chi connectivity index (χ1) is 14.8. The van der Waals surface area contributed by atoms with Crippen molar-refractivity contribution in [1.82, 2.24) is 4.57 Å². The van der Waals surface area contributed by atoms with E-state index in [0.29, 0.717) is 10.8 Å². The Bertz CT molecular complexity index is 1500. The molecular weight excluding hydrogens is 402 g/mol. The zero-order chi connectivity index (χ0) is 22.4. The molecule has 4 aromatic rings. The van der Waals surface area contributed by atoms with Crippen LogP contribution in [-0.2, 0) is 9.47 Å². The van der Waals surface area contributed by atoms with Gasteiger partial charge in [-0.15, -0.1) is 0 Å². The summed E-state index contributed by atoms with van der Waals surface area (Å²) in [6, 6.07) is 6.43. The van der Waals surface area contributed by atoms with E-state index in [-0.39, 0.29) is 46.1 Å².